The molecule has 0 unspecified atom stereocenters. The van der Waals surface area contributed by atoms with Crippen LogP contribution < -0.4 is 4.74 Å². The number of phenolic OH excluding ortho intramolecular Hbond substituents is 1. The summed E-state index contributed by atoms with van der Waals surface area (Å²) >= 11 is 0. The molecule has 1 aromatic rings. The van der Waals surface area contributed by atoms with Gasteiger partial charge in [0.1, 0.15) is 0 Å². The predicted octanol–water partition coefficient (Wildman–Crippen LogP) is 1.48. The van der Waals surface area contributed by atoms with Gasteiger partial charge in [-0.05, 0) is 31.0 Å². The van der Waals surface area contributed by atoms with E-state index in [1.807, 2.05) is 13.0 Å². The Kier molecular flexibility index (Phi) is 3.77. The minimum absolute atomic E-state index is 0.0660. The van der Waals surface area contributed by atoms with Crippen molar-refractivity contribution < 1.29 is 14.6 Å². The van der Waals surface area contributed by atoms with E-state index in [1.165, 1.54) is 4.90 Å². The molecule has 0 heterocycles. The van der Waals surface area contributed by atoms with Gasteiger partial charge < -0.3 is 14.7 Å². The number of likely N-dealkylation sites (N-methyl/N-ethyl adjacent to an activating group) is 1. The van der Waals surface area contributed by atoms with Crippen LogP contribution in [0.2, 0.25) is 0 Å². The first-order chi connectivity index (χ1) is 7.41. The Balaban J connectivity index is 2.78. The molecule has 0 atom stereocenters. The van der Waals surface area contributed by atoms with Gasteiger partial charge in [0.15, 0.2) is 18.1 Å². The summed E-state index contributed by atoms with van der Waals surface area (Å²) in [7, 11) is 3.32. The fourth-order valence-electron chi connectivity index (χ4n) is 1.30. The van der Waals surface area contributed by atoms with Crippen LogP contribution in [0.5, 0.6) is 11.5 Å². The van der Waals surface area contributed by atoms with Gasteiger partial charge >= 0.3 is 0 Å². The first kappa shape index (κ1) is 12.4. The van der Waals surface area contributed by atoms with Crippen LogP contribution in [0.15, 0.2) is 12.1 Å². The van der Waals surface area contributed by atoms with E-state index in [-0.39, 0.29) is 18.3 Å². The van der Waals surface area contributed by atoms with Crippen LogP contribution in [0, 0.1) is 13.8 Å². The van der Waals surface area contributed by atoms with Crippen molar-refractivity contribution in [3.05, 3.63) is 23.3 Å². The van der Waals surface area contributed by atoms with Crippen LogP contribution >= 0.6 is 0 Å². The maximum atomic E-state index is 11.3. The van der Waals surface area contributed by atoms with Gasteiger partial charge in [0.05, 0.1) is 0 Å². The number of amides is 1. The maximum Gasteiger partial charge on any atom is 0.259 e. The lowest BCUT2D eigenvalue weighted by molar-refractivity contribution is -0.130. The lowest BCUT2D eigenvalue weighted by atomic mass is 10.1. The van der Waals surface area contributed by atoms with Crippen molar-refractivity contribution in [2.75, 3.05) is 20.7 Å². The predicted molar refractivity (Wildman–Crippen MR) is 61.8 cm³/mol. The van der Waals surface area contributed by atoms with Crippen molar-refractivity contribution in [1.29, 1.82) is 0 Å². The van der Waals surface area contributed by atoms with Crippen LogP contribution in [0.4, 0.5) is 0 Å². The van der Waals surface area contributed by atoms with E-state index >= 15 is 0 Å². The highest BCUT2D eigenvalue weighted by Crippen LogP contribution is 2.30. The fraction of sp³-hybridized carbons (Fsp3) is 0.417. The van der Waals surface area contributed by atoms with Crippen LogP contribution in [0.1, 0.15) is 11.1 Å². The van der Waals surface area contributed by atoms with Gasteiger partial charge in [-0.1, -0.05) is 6.07 Å². The quantitative estimate of drug-likeness (QED) is 0.844. The number of carbonyl (C=O) groups is 1. The highest BCUT2D eigenvalue weighted by Gasteiger charge is 2.10. The van der Waals surface area contributed by atoms with Gasteiger partial charge in [-0.15, -0.1) is 0 Å². The zero-order valence-corrected chi connectivity index (χ0v) is 10.1. The van der Waals surface area contributed by atoms with Gasteiger partial charge in [0.25, 0.3) is 5.91 Å². The molecule has 1 rings (SSSR count). The number of ether oxygens (including phenoxy) is 1. The number of aromatic hydroxyl groups is 1. The second-order valence-electron chi connectivity index (χ2n) is 4.01. The number of rotatable bonds is 3. The Morgan fingerprint density at radius 3 is 2.56 bits per heavy atom. The molecule has 0 radical (unpaired) electrons. The third-order valence-corrected chi connectivity index (χ3v) is 2.26. The molecule has 0 fully saturated rings. The van der Waals surface area contributed by atoms with Crippen molar-refractivity contribution in [2.45, 2.75) is 13.8 Å². The van der Waals surface area contributed by atoms with E-state index in [4.69, 9.17) is 4.74 Å². The zero-order valence-electron chi connectivity index (χ0n) is 10.1. The van der Waals surface area contributed by atoms with Crippen LogP contribution in [-0.4, -0.2) is 36.6 Å². The molecule has 88 valence electrons. The average Bonchev–Trinajstić information content (AvgIpc) is 2.20. The number of phenols is 1. The molecule has 4 heteroatoms. The lowest BCUT2D eigenvalue weighted by Crippen LogP contribution is -2.27. The SMILES string of the molecule is Cc1cc(C)c(O)c(OCC(=O)N(C)C)c1. The summed E-state index contributed by atoms with van der Waals surface area (Å²) in [6, 6.07) is 3.57. The first-order valence-electron chi connectivity index (χ1n) is 5.05. The Labute approximate surface area is 95.5 Å². The number of hydrogen-bond donors (Lipinski definition) is 1. The Morgan fingerprint density at radius 1 is 1.38 bits per heavy atom. The molecule has 0 aliphatic carbocycles. The molecule has 0 saturated heterocycles. The van der Waals surface area contributed by atoms with Gasteiger partial charge in [-0.3, -0.25) is 4.79 Å². The maximum absolute atomic E-state index is 11.3. The van der Waals surface area contributed by atoms with E-state index in [0.29, 0.717) is 5.75 Å². The molecule has 1 N–H and O–H groups in total. The summed E-state index contributed by atoms with van der Waals surface area (Å²) in [6.45, 7) is 3.64. The molecule has 0 aromatic heterocycles. The summed E-state index contributed by atoms with van der Waals surface area (Å²) in [5.41, 5.74) is 1.73. The topological polar surface area (TPSA) is 49.8 Å². The van der Waals surface area contributed by atoms with Crippen LogP contribution in [0.3, 0.4) is 0 Å². The van der Waals surface area contributed by atoms with Crippen molar-refractivity contribution >= 4 is 5.91 Å². The van der Waals surface area contributed by atoms with Crippen molar-refractivity contribution in [1.82, 2.24) is 4.90 Å². The molecular formula is C12H17NO3. The van der Waals surface area contributed by atoms with Crippen LogP contribution in [-0.2, 0) is 4.79 Å². The van der Waals surface area contributed by atoms with E-state index in [2.05, 4.69) is 0 Å². The van der Waals surface area contributed by atoms with Crippen molar-refractivity contribution in [2.24, 2.45) is 0 Å². The molecule has 0 aliphatic heterocycles. The van der Waals surface area contributed by atoms with Gasteiger partial charge in [-0.2, -0.15) is 0 Å². The van der Waals surface area contributed by atoms with Gasteiger partial charge in [0, 0.05) is 14.1 Å². The molecule has 0 spiro atoms. The molecule has 1 aromatic carbocycles. The summed E-state index contributed by atoms with van der Waals surface area (Å²) in [4.78, 5) is 12.8. The summed E-state index contributed by atoms with van der Waals surface area (Å²) in [5.74, 6) is 0.309. The third-order valence-electron chi connectivity index (χ3n) is 2.26. The van der Waals surface area contributed by atoms with E-state index in [1.54, 1.807) is 27.1 Å². The summed E-state index contributed by atoms with van der Waals surface area (Å²) in [6.07, 6.45) is 0. The zero-order chi connectivity index (χ0) is 12.3. The van der Waals surface area contributed by atoms with E-state index < -0.39 is 0 Å². The molecule has 0 aliphatic rings. The molecule has 1 amide bonds. The smallest absolute Gasteiger partial charge is 0.259 e. The van der Waals surface area contributed by atoms with Crippen molar-refractivity contribution in [3.8, 4) is 11.5 Å². The first-order valence-corrected chi connectivity index (χ1v) is 5.05. The highest BCUT2D eigenvalue weighted by atomic mass is 16.5. The Bertz CT molecular complexity index is 399. The molecule has 16 heavy (non-hydrogen) atoms. The number of aryl methyl sites for hydroxylation is 2. The molecule has 0 saturated carbocycles. The number of carbonyl (C=O) groups excluding carboxylic acids is 1. The number of benzene rings is 1. The average molecular weight is 223 g/mol. The van der Waals surface area contributed by atoms with E-state index in [9.17, 15) is 9.90 Å². The lowest BCUT2D eigenvalue weighted by Gasteiger charge is -2.13. The summed E-state index contributed by atoms with van der Waals surface area (Å²) < 4.78 is 5.28. The largest absolute Gasteiger partial charge is 0.504 e. The Morgan fingerprint density at radius 2 is 2.00 bits per heavy atom. The third kappa shape index (κ3) is 2.89. The number of nitrogens with zero attached hydrogens (tertiary/aromatic N) is 1. The monoisotopic (exact) mass is 223 g/mol. The Hall–Kier alpha value is -1.71. The number of hydrogen-bond acceptors (Lipinski definition) is 3. The molecular weight excluding hydrogens is 206 g/mol. The second-order valence-corrected chi connectivity index (χ2v) is 4.01. The van der Waals surface area contributed by atoms with Crippen molar-refractivity contribution in [3.63, 3.8) is 0 Å². The van der Waals surface area contributed by atoms with Gasteiger partial charge in [-0.25, -0.2) is 0 Å². The van der Waals surface area contributed by atoms with Crippen LogP contribution in [0.25, 0.3) is 0 Å². The van der Waals surface area contributed by atoms with E-state index in [0.717, 1.165) is 11.1 Å². The van der Waals surface area contributed by atoms with Gasteiger partial charge in [0.2, 0.25) is 0 Å². The normalized spacial score (nSPS) is 10.0. The minimum atomic E-state index is -0.140. The fourth-order valence-corrected chi connectivity index (χ4v) is 1.30. The minimum Gasteiger partial charge on any atom is -0.504 e. The summed E-state index contributed by atoms with van der Waals surface area (Å²) in [5, 5.41) is 9.72. The second kappa shape index (κ2) is 4.88. The molecule has 4 nitrogen and oxygen atoms in total. The standard InChI is InChI=1S/C12H17NO3/c1-8-5-9(2)12(15)10(6-8)16-7-11(14)13(3)4/h5-6,15H,7H2,1-4H3. The molecule has 0 bridgehead atoms. The highest BCUT2D eigenvalue weighted by molar-refractivity contribution is 5.77.